The molecule has 0 aliphatic carbocycles. The summed E-state index contributed by atoms with van der Waals surface area (Å²) in [6.45, 7) is 3.55. The Morgan fingerprint density at radius 2 is 1.91 bits per heavy atom. The Balaban J connectivity index is 1.83. The summed E-state index contributed by atoms with van der Waals surface area (Å²) < 4.78 is 0. The van der Waals surface area contributed by atoms with E-state index in [4.69, 9.17) is 0 Å². The number of rotatable bonds is 2. The lowest BCUT2D eigenvalue weighted by molar-refractivity contribution is 0.101. The van der Waals surface area contributed by atoms with Gasteiger partial charge in [-0.1, -0.05) is 30.3 Å². The number of para-hydroxylation sites is 1. The van der Waals surface area contributed by atoms with Crippen molar-refractivity contribution in [1.82, 2.24) is 0 Å². The first-order chi connectivity index (χ1) is 10.6. The molecule has 4 nitrogen and oxygen atoms in total. The van der Waals surface area contributed by atoms with Gasteiger partial charge in [0.2, 0.25) is 0 Å². The summed E-state index contributed by atoms with van der Waals surface area (Å²) in [6.07, 6.45) is 0.858. The summed E-state index contributed by atoms with van der Waals surface area (Å²) >= 11 is 0. The minimum atomic E-state index is -0.168. The second-order valence-electron chi connectivity index (χ2n) is 5.62. The van der Waals surface area contributed by atoms with Crippen LogP contribution in [0, 0.1) is 0 Å². The second-order valence-corrected chi connectivity index (χ2v) is 5.62. The van der Waals surface area contributed by atoms with Crippen LogP contribution >= 0.6 is 0 Å². The maximum absolute atomic E-state index is 12.6. The average Bonchev–Trinajstić information content (AvgIpc) is 2.83. The van der Waals surface area contributed by atoms with Crippen LogP contribution in [0.4, 0.5) is 16.2 Å². The molecule has 0 saturated heterocycles. The second kappa shape index (κ2) is 5.64. The van der Waals surface area contributed by atoms with E-state index in [1.54, 1.807) is 29.2 Å². The number of amides is 2. The Hall–Kier alpha value is -2.62. The Kier molecular flexibility index (Phi) is 3.67. The fraction of sp³-hybridized carbons (Fsp3) is 0.222. The SMILES string of the molecule is CC(=O)c1cccc(NC(=O)N2c3ccccc3CC2C)c1. The first-order valence-electron chi connectivity index (χ1n) is 7.35. The lowest BCUT2D eigenvalue weighted by Gasteiger charge is -2.23. The van der Waals surface area contributed by atoms with Crippen LogP contribution in [-0.4, -0.2) is 17.9 Å². The molecule has 2 aromatic rings. The van der Waals surface area contributed by atoms with Gasteiger partial charge < -0.3 is 5.32 Å². The molecule has 0 fully saturated rings. The molecule has 4 heteroatoms. The van der Waals surface area contributed by atoms with Gasteiger partial charge in [0.1, 0.15) is 0 Å². The van der Waals surface area contributed by atoms with Crippen LogP contribution in [0.5, 0.6) is 0 Å². The third kappa shape index (κ3) is 2.60. The Bertz CT molecular complexity index is 739. The van der Waals surface area contributed by atoms with E-state index in [0.29, 0.717) is 11.3 Å². The van der Waals surface area contributed by atoms with Crippen LogP contribution in [0.15, 0.2) is 48.5 Å². The fourth-order valence-corrected chi connectivity index (χ4v) is 2.87. The summed E-state index contributed by atoms with van der Waals surface area (Å²) in [6, 6.07) is 14.9. The summed E-state index contributed by atoms with van der Waals surface area (Å²) in [4.78, 5) is 25.8. The van der Waals surface area contributed by atoms with Crippen LogP contribution in [0.2, 0.25) is 0 Å². The molecule has 0 radical (unpaired) electrons. The molecule has 1 aliphatic heterocycles. The Labute approximate surface area is 129 Å². The number of fused-ring (bicyclic) bond motifs is 1. The number of hydrogen-bond donors (Lipinski definition) is 1. The number of carbonyl (C=O) groups is 2. The van der Waals surface area contributed by atoms with Crippen molar-refractivity contribution in [3.05, 3.63) is 59.7 Å². The number of Topliss-reactive ketones (excluding diaryl/α,β-unsaturated/α-hetero) is 1. The predicted molar refractivity (Wildman–Crippen MR) is 87.6 cm³/mol. The number of nitrogens with one attached hydrogen (secondary N) is 1. The van der Waals surface area contributed by atoms with E-state index < -0.39 is 0 Å². The molecule has 3 rings (SSSR count). The smallest absolute Gasteiger partial charge is 0.308 e. The van der Waals surface area contributed by atoms with Crippen LogP contribution in [0.25, 0.3) is 0 Å². The van der Waals surface area contributed by atoms with E-state index >= 15 is 0 Å². The summed E-state index contributed by atoms with van der Waals surface area (Å²) in [5, 5.41) is 2.89. The van der Waals surface area contributed by atoms with Crippen molar-refractivity contribution in [3.8, 4) is 0 Å². The van der Waals surface area contributed by atoms with Gasteiger partial charge in [-0.15, -0.1) is 0 Å². The number of hydrogen-bond acceptors (Lipinski definition) is 2. The molecule has 0 bridgehead atoms. The van der Waals surface area contributed by atoms with Crippen molar-refractivity contribution in [2.24, 2.45) is 0 Å². The summed E-state index contributed by atoms with van der Waals surface area (Å²) in [5.74, 6) is -0.0176. The number of benzene rings is 2. The molecule has 112 valence electrons. The molecule has 2 aromatic carbocycles. The lowest BCUT2D eigenvalue weighted by Crippen LogP contribution is -2.39. The highest BCUT2D eigenvalue weighted by Crippen LogP contribution is 2.32. The Morgan fingerprint density at radius 3 is 2.68 bits per heavy atom. The zero-order valence-electron chi connectivity index (χ0n) is 12.7. The highest BCUT2D eigenvalue weighted by atomic mass is 16.2. The van der Waals surface area contributed by atoms with E-state index in [0.717, 1.165) is 12.1 Å². The van der Waals surface area contributed by atoms with Crippen LogP contribution in [0.3, 0.4) is 0 Å². The molecule has 1 N–H and O–H groups in total. The third-order valence-electron chi connectivity index (χ3n) is 3.95. The van der Waals surface area contributed by atoms with Gasteiger partial charge in [-0.2, -0.15) is 0 Å². The molecule has 1 atom stereocenters. The first-order valence-corrected chi connectivity index (χ1v) is 7.35. The highest BCUT2D eigenvalue weighted by molar-refractivity contribution is 6.04. The molecule has 22 heavy (non-hydrogen) atoms. The van der Waals surface area contributed by atoms with Crippen molar-refractivity contribution in [2.45, 2.75) is 26.3 Å². The molecule has 2 amide bonds. The standard InChI is InChI=1S/C18H18N2O2/c1-12-10-15-6-3-4-9-17(15)20(12)18(22)19-16-8-5-7-14(11-16)13(2)21/h3-9,11-12H,10H2,1-2H3,(H,19,22). The molecular formula is C18H18N2O2. The molecule has 1 aliphatic rings. The van der Waals surface area contributed by atoms with Gasteiger partial charge in [-0.3, -0.25) is 9.69 Å². The monoisotopic (exact) mass is 294 g/mol. The highest BCUT2D eigenvalue weighted by Gasteiger charge is 2.30. The first kappa shape index (κ1) is 14.3. The third-order valence-corrected chi connectivity index (χ3v) is 3.95. The van der Waals surface area contributed by atoms with E-state index in [2.05, 4.69) is 11.4 Å². The molecule has 0 spiro atoms. The van der Waals surface area contributed by atoms with Crippen molar-refractivity contribution in [1.29, 1.82) is 0 Å². The molecule has 0 saturated carbocycles. The fourth-order valence-electron chi connectivity index (χ4n) is 2.87. The van der Waals surface area contributed by atoms with Crippen molar-refractivity contribution in [2.75, 3.05) is 10.2 Å². The maximum atomic E-state index is 12.6. The normalized spacial score (nSPS) is 16.3. The van der Waals surface area contributed by atoms with E-state index in [9.17, 15) is 9.59 Å². The summed E-state index contributed by atoms with van der Waals surface area (Å²) in [5.41, 5.74) is 3.36. The largest absolute Gasteiger partial charge is 0.326 e. The van der Waals surface area contributed by atoms with Gasteiger partial charge in [-0.25, -0.2) is 4.79 Å². The van der Waals surface area contributed by atoms with Gasteiger partial charge in [0.25, 0.3) is 0 Å². The summed E-state index contributed by atoms with van der Waals surface area (Å²) in [7, 11) is 0. The van der Waals surface area contributed by atoms with Gasteiger partial charge in [-0.05, 0) is 44.0 Å². The minimum absolute atomic E-state index is 0.0176. The number of nitrogens with zero attached hydrogens (tertiary/aromatic N) is 1. The van der Waals surface area contributed by atoms with Gasteiger partial charge >= 0.3 is 6.03 Å². The lowest BCUT2D eigenvalue weighted by atomic mass is 10.1. The van der Waals surface area contributed by atoms with Crippen molar-refractivity contribution >= 4 is 23.2 Å². The van der Waals surface area contributed by atoms with E-state index in [-0.39, 0.29) is 17.9 Å². The van der Waals surface area contributed by atoms with E-state index in [1.807, 2.05) is 25.1 Å². The van der Waals surface area contributed by atoms with E-state index in [1.165, 1.54) is 12.5 Å². The topological polar surface area (TPSA) is 49.4 Å². The number of urea groups is 1. The van der Waals surface area contributed by atoms with Crippen molar-refractivity contribution in [3.63, 3.8) is 0 Å². The molecule has 0 aromatic heterocycles. The van der Waals surface area contributed by atoms with Gasteiger partial charge in [0.15, 0.2) is 5.78 Å². The quantitative estimate of drug-likeness (QED) is 0.855. The van der Waals surface area contributed by atoms with Crippen molar-refractivity contribution < 1.29 is 9.59 Å². The van der Waals surface area contributed by atoms with Crippen LogP contribution in [0.1, 0.15) is 29.8 Å². The van der Waals surface area contributed by atoms with Crippen LogP contribution < -0.4 is 10.2 Å². The van der Waals surface area contributed by atoms with Gasteiger partial charge in [0, 0.05) is 23.0 Å². The zero-order chi connectivity index (χ0) is 15.7. The maximum Gasteiger partial charge on any atom is 0.326 e. The number of ketones is 1. The predicted octanol–water partition coefficient (Wildman–Crippen LogP) is 3.87. The molecule has 1 unspecified atom stereocenters. The Morgan fingerprint density at radius 1 is 1.14 bits per heavy atom. The van der Waals surface area contributed by atoms with Gasteiger partial charge in [0.05, 0.1) is 0 Å². The number of anilines is 2. The number of carbonyl (C=O) groups excluding carboxylic acids is 2. The zero-order valence-corrected chi connectivity index (χ0v) is 12.7. The molecule has 1 heterocycles. The molecular weight excluding hydrogens is 276 g/mol. The minimum Gasteiger partial charge on any atom is -0.308 e. The van der Waals surface area contributed by atoms with Crippen LogP contribution in [-0.2, 0) is 6.42 Å². The average molecular weight is 294 g/mol.